The number of nitrogens with one attached hydrogen (secondary N) is 1. The van der Waals surface area contributed by atoms with Gasteiger partial charge in [-0.3, -0.25) is 4.79 Å². The molecule has 0 fully saturated rings. The lowest BCUT2D eigenvalue weighted by Crippen LogP contribution is -2.21. The summed E-state index contributed by atoms with van der Waals surface area (Å²) >= 11 is 5.86. The second-order valence-corrected chi connectivity index (χ2v) is 5.03. The van der Waals surface area contributed by atoms with Gasteiger partial charge in [0.25, 0.3) is 5.91 Å². The molecular weight excluding hydrogens is 306 g/mol. The number of carbonyl (C=O) groups is 1. The number of benzene rings is 1. The van der Waals surface area contributed by atoms with Gasteiger partial charge >= 0.3 is 0 Å². The zero-order valence-electron chi connectivity index (χ0n) is 12.3. The van der Waals surface area contributed by atoms with Crippen LogP contribution < -0.4 is 5.32 Å². The number of ether oxygens (including phenoxy) is 2. The summed E-state index contributed by atoms with van der Waals surface area (Å²) in [7, 11) is 1.58. The van der Waals surface area contributed by atoms with Gasteiger partial charge < -0.3 is 14.8 Å². The number of methoxy groups -OCH3 is 1. The van der Waals surface area contributed by atoms with Gasteiger partial charge in [-0.25, -0.2) is 4.68 Å². The molecule has 0 aliphatic rings. The maximum atomic E-state index is 11.8. The third-order valence-electron chi connectivity index (χ3n) is 2.89. The molecule has 0 aliphatic carbocycles. The molecule has 1 heterocycles. The van der Waals surface area contributed by atoms with E-state index in [1.54, 1.807) is 24.1 Å². The average molecular weight is 324 g/mol. The molecule has 7 heteroatoms. The number of hydrogen-bond acceptors (Lipinski definition) is 4. The van der Waals surface area contributed by atoms with Crippen molar-refractivity contribution in [3.05, 3.63) is 47.1 Å². The molecule has 0 atom stereocenters. The van der Waals surface area contributed by atoms with Crippen LogP contribution >= 0.6 is 11.6 Å². The van der Waals surface area contributed by atoms with Crippen LogP contribution in [0.1, 0.15) is 5.56 Å². The lowest BCUT2D eigenvalue weighted by atomic mass is 10.2. The summed E-state index contributed by atoms with van der Waals surface area (Å²) in [6, 6.07) is 9.22. The minimum Gasteiger partial charge on any atom is -0.382 e. The Labute approximate surface area is 134 Å². The Morgan fingerprint density at radius 2 is 2.05 bits per heavy atom. The van der Waals surface area contributed by atoms with Gasteiger partial charge in [0.05, 0.1) is 26.0 Å². The Kier molecular flexibility index (Phi) is 6.39. The van der Waals surface area contributed by atoms with Gasteiger partial charge in [0.2, 0.25) is 0 Å². The third-order valence-corrected chi connectivity index (χ3v) is 3.15. The molecule has 1 amide bonds. The van der Waals surface area contributed by atoms with Crippen molar-refractivity contribution in [1.82, 2.24) is 9.78 Å². The highest BCUT2D eigenvalue weighted by Gasteiger charge is 2.08. The first kappa shape index (κ1) is 16.5. The van der Waals surface area contributed by atoms with Gasteiger partial charge in [-0.15, -0.1) is 0 Å². The van der Waals surface area contributed by atoms with Gasteiger partial charge in [0.1, 0.15) is 12.4 Å². The van der Waals surface area contributed by atoms with Crippen LogP contribution in [0, 0.1) is 0 Å². The number of anilines is 1. The van der Waals surface area contributed by atoms with Crippen LogP contribution in [0.15, 0.2) is 36.5 Å². The van der Waals surface area contributed by atoms with E-state index in [1.165, 1.54) is 0 Å². The van der Waals surface area contributed by atoms with Gasteiger partial charge in [-0.1, -0.05) is 23.7 Å². The Morgan fingerprint density at radius 3 is 2.77 bits per heavy atom. The molecule has 0 spiro atoms. The molecule has 2 aromatic rings. The maximum Gasteiger partial charge on any atom is 0.251 e. The van der Waals surface area contributed by atoms with E-state index in [0.29, 0.717) is 30.6 Å². The number of carbonyl (C=O) groups excluding carboxylic acids is 1. The fourth-order valence-electron chi connectivity index (χ4n) is 1.81. The highest BCUT2D eigenvalue weighted by atomic mass is 35.5. The van der Waals surface area contributed by atoms with Crippen LogP contribution in [0.2, 0.25) is 5.02 Å². The van der Waals surface area contributed by atoms with E-state index in [9.17, 15) is 4.79 Å². The highest BCUT2D eigenvalue weighted by molar-refractivity contribution is 6.30. The molecule has 0 saturated heterocycles. The second-order valence-electron chi connectivity index (χ2n) is 4.59. The molecule has 0 saturated carbocycles. The van der Waals surface area contributed by atoms with Crippen molar-refractivity contribution < 1.29 is 14.3 Å². The topological polar surface area (TPSA) is 65.4 Å². The lowest BCUT2D eigenvalue weighted by molar-refractivity contribution is -0.121. The molecule has 22 heavy (non-hydrogen) atoms. The lowest BCUT2D eigenvalue weighted by Gasteiger charge is -2.09. The Hall–Kier alpha value is -1.89. The summed E-state index contributed by atoms with van der Waals surface area (Å²) in [5.74, 6) is 0.393. The van der Waals surface area contributed by atoms with Crippen molar-refractivity contribution >= 4 is 23.3 Å². The molecule has 0 bridgehead atoms. The molecule has 1 aromatic carbocycles. The van der Waals surface area contributed by atoms with Gasteiger partial charge in [-0.2, -0.15) is 5.10 Å². The predicted molar refractivity (Wildman–Crippen MR) is 84.1 cm³/mol. The Morgan fingerprint density at radius 1 is 1.27 bits per heavy atom. The number of rotatable bonds is 8. The molecular formula is C15H18ClN3O3. The Balaban J connectivity index is 1.89. The van der Waals surface area contributed by atoms with E-state index in [1.807, 2.05) is 24.3 Å². The molecule has 1 N–H and O–H groups in total. The van der Waals surface area contributed by atoms with Gasteiger partial charge in [0.15, 0.2) is 0 Å². The van der Waals surface area contributed by atoms with Crippen LogP contribution in [0.5, 0.6) is 0 Å². The first-order valence-corrected chi connectivity index (χ1v) is 7.19. The average Bonchev–Trinajstić information content (AvgIpc) is 2.93. The molecule has 6 nitrogen and oxygen atoms in total. The summed E-state index contributed by atoms with van der Waals surface area (Å²) in [4.78, 5) is 11.8. The standard InChI is InChI=1S/C15H18ClN3O3/c1-21-8-9-22-11-15(20)18-14-6-7-17-19(14)10-12-2-4-13(16)5-3-12/h2-7H,8-11H2,1H3,(H,18,20). The van der Waals surface area contributed by atoms with Crippen molar-refractivity contribution in [3.8, 4) is 0 Å². The van der Waals surface area contributed by atoms with Gasteiger partial charge in [-0.05, 0) is 17.7 Å². The molecule has 118 valence electrons. The van der Waals surface area contributed by atoms with E-state index in [4.69, 9.17) is 21.1 Å². The molecule has 0 unspecified atom stereocenters. The van der Waals surface area contributed by atoms with Gasteiger partial charge in [0, 0.05) is 18.2 Å². The van der Waals surface area contributed by atoms with Crippen LogP contribution in [0.3, 0.4) is 0 Å². The molecule has 1 aromatic heterocycles. The highest BCUT2D eigenvalue weighted by Crippen LogP contribution is 2.13. The van der Waals surface area contributed by atoms with Crippen molar-refractivity contribution in [2.45, 2.75) is 6.54 Å². The normalized spacial score (nSPS) is 10.6. The van der Waals surface area contributed by atoms with Crippen molar-refractivity contribution in [3.63, 3.8) is 0 Å². The van der Waals surface area contributed by atoms with Crippen molar-refractivity contribution in [2.75, 3.05) is 32.2 Å². The summed E-state index contributed by atoms with van der Waals surface area (Å²) in [5, 5.41) is 7.66. The van der Waals surface area contributed by atoms with E-state index < -0.39 is 0 Å². The van der Waals surface area contributed by atoms with E-state index in [-0.39, 0.29) is 12.5 Å². The fourth-order valence-corrected chi connectivity index (χ4v) is 1.94. The number of aromatic nitrogens is 2. The molecule has 0 aliphatic heterocycles. The molecule has 2 rings (SSSR count). The number of nitrogens with zero attached hydrogens (tertiary/aromatic N) is 2. The van der Waals surface area contributed by atoms with Crippen molar-refractivity contribution in [1.29, 1.82) is 0 Å². The quantitative estimate of drug-likeness (QED) is 0.756. The summed E-state index contributed by atoms with van der Waals surface area (Å²) in [6.45, 7) is 1.37. The maximum absolute atomic E-state index is 11.8. The van der Waals surface area contributed by atoms with E-state index >= 15 is 0 Å². The van der Waals surface area contributed by atoms with Crippen LogP contribution in [-0.2, 0) is 20.8 Å². The predicted octanol–water partition coefficient (Wildman–Crippen LogP) is 2.19. The van der Waals surface area contributed by atoms with E-state index in [2.05, 4.69) is 10.4 Å². The van der Waals surface area contributed by atoms with E-state index in [0.717, 1.165) is 5.56 Å². The van der Waals surface area contributed by atoms with Crippen LogP contribution in [0.25, 0.3) is 0 Å². The number of halogens is 1. The first-order chi connectivity index (χ1) is 10.7. The fraction of sp³-hybridized carbons (Fsp3) is 0.333. The number of amides is 1. The second kappa shape index (κ2) is 8.53. The minimum atomic E-state index is -0.228. The monoisotopic (exact) mass is 323 g/mol. The summed E-state index contributed by atoms with van der Waals surface area (Å²) in [6.07, 6.45) is 1.64. The first-order valence-electron chi connectivity index (χ1n) is 6.82. The van der Waals surface area contributed by atoms with Crippen LogP contribution in [-0.4, -0.2) is 42.6 Å². The van der Waals surface area contributed by atoms with Crippen LogP contribution in [0.4, 0.5) is 5.82 Å². The zero-order chi connectivity index (χ0) is 15.8. The largest absolute Gasteiger partial charge is 0.382 e. The molecule has 0 radical (unpaired) electrons. The Bertz CT molecular complexity index is 598. The SMILES string of the molecule is COCCOCC(=O)Nc1ccnn1Cc1ccc(Cl)cc1. The number of hydrogen-bond donors (Lipinski definition) is 1. The smallest absolute Gasteiger partial charge is 0.251 e. The third kappa shape index (κ3) is 5.14. The summed E-state index contributed by atoms with van der Waals surface area (Å²) < 4.78 is 11.7. The van der Waals surface area contributed by atoms with Crippen molar-refractivity contribution in [2.24, 2.45) is 0 Å². The summed E-state index contributed by atoms with van der Waals surface area (Å²) in [5.41, 5.74) is 1.04. The minimum absolute atomic E-state index is 0.0184. The zero-order valence-corrected chi connectivity index (χ0v) is 13.0.